The van der Waals surface area contributed by atoms with Crippen molar-refractivity contribution in [3.63, 3.8) is 0 Å². The molecule has 1 radical (unpaired) electrons. The number of fused-ring (bicyclic) bond motifs is 6. The number of rotatable bonds is 3. The Labute approximate surface area is 270 Å². The quantitative estimate of drug-likeness (QED) is 0.206. The number of aryl methyl sites for hydroxylation is 2. The number of benzene rings is 6. The van der Waals surface area contributed by atoms with Gasteiger partial charge in [-0.3, -0.25) is 0 Å². The zero-order valence-corrected chi connectivity index (χ0v) is 26.3. The third-order valence-corrected chi connectivity index (χ3v) is 9.70. The van der Waals surface area contributed by atoms with Crippen LogP contribution in [0.1, 0.15) is 36.1 Å². The summed E-state index contributed by atoms with van der Waals surface area (Å²) in [6.45, 7) is 9.00. The normalized spacial score (nSPS) is 14.3. The molecule has 4 nitrogen and oxygen atoms in total. The van der Waals surface area contributed by atoms with Crippen molar-refractivity contribution in [1.82, 2.24) is 0 Å². The molecule has 6 aromatic carbocycles. The van der Waals surface area contributed by atoms with Crippen LogP contribution in [-0.4, -0.2) is 7.28 Å². The first kappa shape index (κ1) is 26.9. The van der Waals surface area contributed by atoms with E-state index in [1.54, 1.807) is 0 Å². The molecule has 9 rings (SSSR count). The van der Waals surface area contributed by atoms with E-state index in [1.165, 1.54) is 50.2 Å². The van der Waals surface area contributed by atoms with Crippen LogP contribution in [0.4, 0.5) is 28.4 Å². The Balaban J connectivity index is 1.29. The smallest absolute Gasteiger partial charge is 0.197 e. The average Bonchev–Trinajstić information content (AvgIpc) is 3.06. The maximum atomic E-state index is 6.46. The second kappa shape index (κ2) is 9.79. The molecule has 5 heteroatoms. The van der Waals surface area contributed by atoms with E-state index in [4.69, 9.17) is 9.47 Å². The Kier molecular flexibility index (Phi) is 5.73. The Morgan fingerprint density at radius 2 is 1.30 bits per heavy atom. The van der Waals surface area contributed by atoms with Crippen molar-refractivity contribution in [2.75, 3.05) is 10.2 Å². The van der Waals surface area contributed by atoms with Crippen LogP contribution < -0.4 is 30.6 Å². The van der Waals surface area contributed by atoms with Crippen LogP contribution in [0.5, 0.6) is 23.0 Å². The SMILES string of the molecule is Cc1cc(-c2cc3c(cc2Nc2ccccc2C)Oc2ccccc2O3)c2c(c1)N1c3ccccc3C(C)(C)c3cccc(c31)[B]2. The third-order valence-electron chi connectivity index (χ3n) is 9.70. The molecule has 6 aromatic rings. The number of para-hydroxylation sites is 5. The van der Waals surface area contributed by atoms with Gasteiger partial charge in [-0.25, -0.2) is 0 Å². The maximum Gasteiger partial charge on any atom is 0.197 e. The summed E-state index contributed by atoms with van der Waals surface area (Å²) in [6.07, 6.45) is 0. The van der Waals surface area contributed by atoms with Crippen molar-refractivity contribution in [1.29, 1.82) is 0 Å². The lowest BCUT2D eigenvalue weighted by Gasteiger charge is -2.46. The molecular weight excluding hydrogens is 563 g/mol. The van der Waals surface area contributed by atoms with E-state index in [2.05, 4.69) is 136 Å². The number of ether oxygens (including phenoxy) is 2. The van der Waals surface area contributed by atoms with Gasteiger partial charge >= 0.3 is 0 Å². The minimum atomic E-state index is -0.118. The summed E-state index contributed by atoms with van der Waals surface area (Å²) in [6, 6.07) is 40.6. The number of hydrogen-bond acceptors (Lipinski definition) is 4. The summed E-state index contributed by atoms with van der Waals surface area (Å²) in [7, 11) is 2.37. The Hall–Kier alpha value is -5.42. The van der Waals surface area contributed by atoms with Gasteiger partial charge in [0.15, 0.2) is 30.3 Å². The minimum absolute atomic E-state index is 0.118. The van der Waals surface area contributed by atoms with Gasteiger partial charge in [0, 0.05) is 34.1 Å². The van der Waals surface area contributed by atoms with Crippen LogP contribution in [-0.2, 0) is 5.41 Å². The van der Waals surface area contributed by atoms with E-state index in [0.717, 1.165) is 22.5 Å². The topological polar surface area (TPSA) is 33.7 Å². The van der Waals surface area contributed by atoms with E-state index in [1.807, 2.05) is 24.3 Å². The zero-order chi connectivity index (χ0) is 31.2. The first-order chi connectivity index (χ1) is 22.4. The molecule has 0 fully saturated rings. The molecule has 221 valence electrons. The van der Waals surface area contributed by atoms with Crippen molar-refractivity contribution < 1.29 is 9.47 Å². The molecule has 3 aliphatic rings. The lowest BCUT2D eigenvalue weighted by atomic mass is 9.56. The van der Waals surface area contributed by atoms with Crippen LogP contribution in [0.15, 0.2) is 115 Å². The van der Waals surface area contributed by atoms with Crippen molar-refractivity contribution >= 4 is 46.6 Å². The highest BCUT2D eigenvalue weighted by molar-refractivity contribution is 6.73. The molecule has 0 bridgehead atoms. The second-order valence-corrected chi connectivity index (χ2v) is 13.0. The van der Waals surface area contributed by atoms with Gasteiger partial charge in [-0.2, -0.15) is 0 Å². The molecule has 0 aromatic heterocycles. The fraction of sp³-hybridized carbons (Fsp3) is 0.122. The van der Waals surface area contributed by atoms with Crippen LogP contribution in [0.25, 0.3) is 11.1 Å². The highest BCUT2D eigenvalue weighted by Gasteiger charge is 2.41. The van der Waals surface area contributed by atoms with Crippen LogP contribution >= 0.6 is 0 Å². The molecule has 0 unspecified atom stereocenters. The first-order valence-corrected chi connectivity index (χ1v) is 15.9. The maximum absolute atomic E-state index is 6.46. The van der Waals surface area contributed by atoms with E-state index < -0.39 is 0 Å². The van der Waals surface area contributed by atoms with Gasteiger partial charge in [0.2, 0.25) is 0 Å². The minimum Gasteiger partial charge on any atom is -0.449 e. The monoisotopic (exact) mass is 595 g/mol. The molecular formula is C41H32BN2O2. The molecule has 46 heavy (non-hydrogen) atoms. The van der Waals surface area contributed by atoms with E-state index >= 15 is 0 Å². The van der Waals surface area contributed by atoms with Gasteiger partial charge in [0.1, 0.15) is 0 Å². The standard InChI is InChI=1S/C41H32BN2O2/c1-24-20-27(39-34(21-24)44-33-17-8-6-13-28(33)41(3,4)29-14-11-15-30(42-39)40(29)44)26-22-37-38(46-36-19-10-9-18-35(36)45-37)23-32(26)43-31-16-7-5-12-25(31)2/h5-23,43H,1-4H3. The Morgan fingerprint density at radius 3 is 2.11 bits per heavy atom. The lowest BCUT2D eigenvalue weighted by Crippen LogP contribution is -2.45. The van der Waals surface area contributed by atoms with Crippen molar-refractivity contribution in [3.05, 3.63) is 138 Å². The number of hydrogen-bond donors (Lipinski definition) is 1. The predicted molar refractivity (Wildman–Crippen MR) is 189 cm³/mol. The van der Waals surface area contributed by atoms with Gasteiger partial charge in [-0.1, -0.05) is 92.1 Å². The first-order valence-electron chi connectivity index (χ1n) is 15.9. The van der Waals surface area contributed by atoms with Crippen molar-refractivity contribution in [3.8, 4) is 34.1 Å². The van der Waals surface area contributed by atoms with E-state index in [9.17, 15) is 0 Å². The van der Waals surface area contributed by atoms with Gasteiger partial charge in [0.05, 0.1) is 11.4 Å². The second-order valence-electron chi connectivity index (χ2n) is 13.0. The highest BCUT2D eigenvalue weighted by Crippen LogP contribution is 2.53. The molecule has 3 aliphatic heterocycles. The Bertz CT molecular complexity index is 2240. The van der Waals surface area contributed by atoms with Crippen LogP contribution in [0.3, 0.4) is 0 Å². The summed E-state index contributed by atoms with van der Waals surface area (Å²) in [4.78, 5) is 2.49. The fourth-order valence-electron chi connectivity index (χ4n) is 7.40. The van der Waals surface area contributed by atoms with Crippen LogP contribution in [0.2, 0.25) is 0 Å². The summed E-state index contributed by atoms with van der Waals surface area (Å²) < 4.78 is 12.9. The van der Waals surface area contributed by atoms with Gasteiger partial charge < -0.3 is 19.7 Å². The molecule has 0 amide bonds. The van der Waals surface area contributed by atoms with Crippen LogP contribution in [0, 0.1) is 13.8 Å². The largest absolute Gasteiger partial charge is 0.449 e. The summed E-state index contributed by atoms with van der Waals surface area (Å²) in [5, 5.41) is 3.77. The third kappa shape index (κ3) is 3.94. The Morgan fingerprint density at radius 1 is 0.609 bits per heavy atom. The molecule has 0 saturated heterocycles. The molecule has 0 atom stereocenters. The number of anilines is 5. The highest BCUT2D eigenvalue weighted by atomic mass is 16.6. The summed E-state index contributed by atoms with van der Waals surface area (Å²) >= 11 is 0. The van der Waals surface area contributed by atoms with E-state index in [0.29, 0.717) is 23.0 Å². The molecule has 0 spiro atoms. The number of nitrogens with zero attached hydrogens (tertiary/aromatic N) is 1. The predicted octanol–water partition coefficient (Wildman–Crippen LogP) is 9.69. The van der Waals surface area contributed by atoms with Gasteiger partial charge in [-0.05, 0) is 83.5 Å². The van der Waals surface area contributed by atoms with Gasteiger partial charge in [-0.15, -0.1) is 0 Å². The average molecular weight is 596 g/mol. The molecule has 0 saturated carbocycles. The van der Waals surface area contributed by atoms with Gasteiger partial charge in [0.25, 0.3) is 0 Å². The fourth-order valence-corrected chi connectivity index (χ4v) is 7.40. The van der Waals surface area contributed by atoms with Crippen molar-refractivity contribution in [2.24, 2.45) is 0 Å². The summed E-state index contributed by atoms with van der Waals surface area (Å²) in [5.41, 5.74) is 15.2. The molecule has 1 N–H and O–H groups in total. The number of nitrogens with one attached hydrogen (secondary N) is 1. The zero-order valence-electron chi connectivity index (χ0n) is 26.3. The van der Waals surface area contributed by atoms with Crippen molar-refractivity contribution in [2.45, 2.75) is 33.1 Å². The summed E-state index contributed by atoms with van der Waals surface area (Å²) in [5.74, 6) is 2.81. The molecule has 3 heterocycles. The lowest BCUT2D eigenvalue weighted by molar-refractivity contribution is 0.360. The van der Waals surface area contributed by atoms with E-state index in [-0.39, 0.29) is 5.41 Å². The molecule has 0 aliphatic carbocycles.